The first-order valence-electron chi connectivity index (χ1n) is 17.0. The van der Waals surface area contributed by atoms with Gasteiger partial charge in [0.1, 0.15) is 17.2 Å². The molecule has 1 fully saturated rings. The van der Waals surface area contributed by atoms with Gasteiger partial charge >= 0.3 is 18.0 Å². The molecular weight excluding hydrogens is 731 g/mol. The van der Waals surface area contributed by atoms with E-state index in [1.807, 2.05) is 4.90 Å². The van der Waals surface area contributed by atoms with Gasteiger partial charge in [-0.1, -0.05) is 36.4 Å². The highest BCUT2D eigenvalue weighted by Crippen LogP contribution is 2.43. The Labute approximate surface area is 303 Å². The molecule has 1 unspecified atom stereocenters. The average Bonchev–Trinajstić information content (AvgIpc) is 3.76. The maximum Gasteiger partial charge on any atom is 0.449 e. The fourth-order valence-electron chi connectivity index (χ4n) is 7.12. The number of hydrogen-bond acceptors (Lipinski definition) is 8. The number of piperidine rings is 1. The Morgan fingerprint density at radius 3 is 2.30 bits per heavy atom. The number of carbonyl (C=O) groups excluding carboxylic acids is 1. The van der Waals surface area contributed by atoms with Crippen molar-refractivity contribution in [3.8, 4) is 0 Å². The van der Waals surface area contributed by atoms with E-state index in [0.29, 0.717) is 16.7 Å². The van der Waals surface area contributed by atoms with Gasteiger partial charge in [-0.25, -0.2) is 14.2 Å². The zero-order valence-corrected chi connectivity index (χ0v) is 28.6. The van der Waals surface area contributed by atoms with E-state index in [1.165, 1.54) is 6.07 Å². The molecule has 1 spiro atoms. The van der Waals surface area contributed by atoms with Gasteiger partial charge in [-0.15, -0.1) is 0 Å². The number of benzene rings is 2. The standard InChI is InChI=1S/C36H36F7N5O6/c37-27-9-4-8-26(35(38,39)40)25(27)19-47-29-21-53-34(12-16-45(17-13-34)18-24-10-11-30(54-24)36(41,42)43)31(29)32(50)48(33(47)51)20-28(23-6-2-1-3-7-23)44-14-5-15-46(52)22-49/h1-4,6-11,22,28,44,52H,5,12-21H2. The summed E-state index contributed by atoms with van der Waals surface area (Å²) in [6.07, 6.45) is -8.82. The van der Waals surface area contributed by atoms with E-state index >= 15 is 4.39 Å². The van der Waals surface area contributed by atoms with Gasteiger partial charge in [0.25, 0.3) is 5.56 Å². The van der Waals surface area contributed by atoms with Gasteiger partial charge in [0.05, 0.1) is 49.1 Å². The lowest BCUT2D eigenvalue weighted by Gasteiger charge is -2.38. The Morgan fingerprint density at radius 1 is 0.926 bits per heavy atom. The molecule has 290 valence electrons. The van der Waals surface area contributed by atoms with Crippen molar-refractivity contribution in [2.24, 2.45) is 0 Å². The molecule has 4 aromatic rings. The molecule has 2 aromatic carbocycles. The number of hydrogen-bond donors (Lipinski definition) is 2. The van der Waals surface area contributed by atoms with Gasteiger partial charge in [0, 0.05) is 25.2 Å². The summed E-state index contributed by atoms with van der Waals surface area (Å²) in [6, 6.07) is 12.5. The number of nitrogens with one attached hydrogen (secondary N) is 1. The number of ether oxygens (including phenoxy) is 1. The van der Waals surface area contributed by atoms with Crippen LogP contribution < -0.4 is 16.6 Å². The summed E-state index contributed by atoms with van der Waals surface area (Å²) in [4.78, 5) is 41.5. The first kappa shape index (κ1) is 38.9. The SMILES string of the molecule is O=CN(O)CCCNC(Cn1c(=O)c2c(n(Cc3c(F)cccc3C(F)(F)F)c1=O)COC21CCN(Cc2ccc(C(F)(F)F)o2)CC1)c1ccccc1. The predicted octanol–water partition coefficient (Wildman–Crippen LogP) is 5.42. The minimum absolute atomic E-state index is 0.00746. The number of furan rings is 1. The third-order valence-corrected chi connectivity index (χ3v) is 9.84. The average molecular weight is 768 g/mol. The Balaban J connectivity index is 1.39. The van der Waals surface area contributed by atoms with Crippen molar-refractivity contribution >= 4 is 6.41 Å². The van der Waals surface area contributed by atoms with Gasteiger partial charge in [-0.3, -0.25) is 28.8 Å². The van der Waals surface area contributed by atoms with Crippen LogP contribution in [-0.4, -0.2) is 56.9 Å². The highest BCUT2D eigenvalue weighted by atomic mass is 19.4. The number of likely N-dealkylation sites (tertiary alicyclic amines) is 1. The molecular formula is C36H36F7N5O6. The number of alkyl halides is 6. The molecule has 0 bridgehead atoms. The van der Waals surface area contributed by atoms with E-state index in [4.69, 9.17) is 9.15 Å². The van der Waals surface area contributed by atoms with E-state index in [9.17, 15) is 45.9 Å². The number of aromatic nitrogens is 2. The molecule has 18 heteroatoms. The van der Waals surface area contributed by atoms with Crippen molar-refractivity contribution in [3.05, 3.63) is 127 Å². The Morgan fingerprint density at radius 2 is 1.65 bits per heavy atom. The smallest absolute Gasteiger partial charge is 0.449 e. The van der Waals surface area contributed by atoms with Crippen LogP contribution in [0.15, 0.2) is 74.7 Å². The van der Waals surface area contributed by atoms with Gasteiger partial charge in [0.2, 0.25) is 12.2 Å². The lowest BCUT2D eigenvalue weighted by Crippen LogP contribution is -2.50. The summed E-state index contributed by atoms with van der Waals surface area (Å²) in [5.74, 6) is -2.26. The second-order valence-corrected chi connectivity index (χ2v) is 13.2. The van der Waals surface area contributed by atoms with Crippen molar-refractivity contribution in [3.63, 3.8) is 0 Å². The van der Waals surface area contributed by atoms with E-state index < -0.39 is 64.5 Å². The molecule has 54 heavy (non-hydrogen) atoms. The minimum Gasteiger partial charge on any atom is -0.455 e. The topological polar surface area (TPSA) is 122 Å². The zero-order chi connectivity index (χ0) is 38.8. The number of hydroxylamine groups is 2. The largest absolute Gasteiger partial charge is 0.455 e. The molecule has 4 heterocycles. The molecule has 0 saturated carbocycles. The molecule has 2 aromatic heterocycles. The van der Waals surface area contributed by atoms with Gasteiger partial charge in [-0.2, -0.15) is 26.3 Å². The second kappa shape index (κ2) is 15.5. The van der Waals surface area contributed by atoms with Crippen molar-refractivity contribution in [1.82, 2.24) is 24.4 Å². The first-order chi connectivity index (χ1) is 25.6. The summed E-state index contributed by atoms with van der Waals surface area (Å²) >= 11 is 0. The van der Waals surface area contributed by atoms with Crippen molar-refractivity contribution < 1.29 is 49.9 Å². The van der Waals surface area contributed by atoms with Crippen LogP contribution in [0.5, 0.6) is 0 Å². The summed E-state index contributed by atoms with van der Waals surface area (Å²) < 4.78 is 110. The van der Waals surface area contributed by atoms with Crippen LogP contribution >= 0.6 is 0 Å². The maximum atomic E-state index is 15.2. The lowest BCUT2D eigenvalue weighted by molar-refractivity contribution is -0.153. The highest BCUT2D eigenvalue weighted by molar-refractivity contribution is 5.44. The Kier molecular flexibility index (Phi) is 11.2. The third kappa shape index (κ3) is 8.15. The molecule has 1 saturated heterocycles. The van der Waals surface area contributed by atoms with Crippen LogP contribution in [0.4, 0.5) is 30.7 Å². The van der Waals surface area contributed by atoms with Crippen LogP contribution in [0, 0.1) is 5.82 Å². The van der Waals surface area contributed by atoms with E-state index in [-0.39, 0.29) is 88.6 Å². The highest BCUT2D eigenvalue weighted by Gasteiger charge is 2.47. The molecule has 6 rings (SSSR count). The minimum atomic E-state index is -4.96. The molecule has 0 radical (unpaired) electrons. The molecule has 2 N–H and O–H groups in total. The van der Waals surface area contributed by atoms with Crippen LogP contribution in [0.3, 0.4) is 0 Å². The summed E-state index contributed by atoms with van der Waals surface area (Å²) in [5, 5.41) is 13.2. The molecule has 2 aliphatic heterocycles. The number of halogens is 7. The maximum absolute atomic E-state index is 15.2. The predicted molar refractivity (Wildman–Crippen MR) is 177 cm³/mol. The fourth-order valence-corrected chi connectivity index (χ4v) is 7.12. The fraction of sp³-hybridized carbons (Fsp3) is 0.417. The summed E-state index contributed by atoms with van der Waals surface area (Å²) in [5.41, 5.74) is -4.43. The Hall–Kier alpha value is -4.78. The molecule has 0 aliphatic carbocycles. The number of rotatable bonds is 13. The summed E-state index contributed by atoms with van der Waals surface area (Å²) in [6.45, 7) is -0.836. The molecule has 1 atom stereocenters. The van der Waals surface area contributed by atoms with Crippen LogP contribution in [0.25, 0.3) is 0 Å². The van der Waals surface area contributed by atoms with Crippen LogP contribution in [0.2, 0.25) is 0 Å². The third-order valence-electron chi connectivity index (χ3n) is 9.84. The quantitative estimate of drug-likeness (QED) is 0.0609. The molecule has 11 nitrogen and oxygen atoms in total. The van der Waals surface area contributed by atoms with Gasteiger partial charge in [-0.05, 0) is 55.6 Å². The summed E-state index contributed by atoms with van der Waals surface area (Å²) in [7, 11) is 0. The second-order valence-electron chi connectivity index (χ2n) is 13.2. The zero-order valence-electron chi connectivity index (χ0n) is 28.6. The monoisotopic (exact) mass is 767 g/mol. The van der Waals surface area contributed by atoms with E-state index in [0.717, 1.165) is 27.3 Å². The number of nitrogens with zero attached hydrogens (tertiary/aromatic N) is 4. The van der Waals surface area contributed by atoms with E-state index in [1.54, 1.807) is 30.3 Å². The normalized spacial score (nSPS) is 16.4. The first-order valence-corrected chi connectivity index (χ1v) is 17.0. The van der Waals surface area contributed by atoms with Crippen LogP contribution in [-0.2, 0) is 53.7 Å². The van der Waals surface area contributed by atoms with Crippen molar-refractivity contribution in [2.75, 3.05) is 26.2 Å². The van der Waals surface area contributed by atoms with Crippen molar-refractivity contribution in [1.29, 1.82) is 0 Å². The number of amides is 1. The lowest BCUT2D eigenvalue weighted by atomic mass is 9.85. The van der Waals surface area contributed by atoms with E-state index in [2.05, 4.69) is 5.32 Å². The Bertz CT molecular complexity index is 2070. The molecule has 1 amide bonds. The molecule has 2 aliphatic rings. The van der Waals surface area contributed by atoms with Gasteiger partial charge in [0.15, 0.2) is 0 Å². The number of carbonyl (C=O) groups is 1. The van der Waals surface area contributed by atoms with Crippen molar-refractivity contribution in [2.45, 2.75) is 69.5 Å². The van der Waals surface area contributed by atoms with Gasteiger partial charge < -0.3 is 14.5 Å². The number of fused-ring (bicyclic) bond motifs is 2. The van der Waals surface area contributed by atoms with Crippen LogP contribution in [0.1, 0.15) is 64.8 Å².